The Balaban J connectivity index is 1.97. The van der Waals surface area contributed by atoms with Gasteiger partial charge in [-0.15, -0.1) is 0 Å². The van der Waals surface area contributed by atoms with Crippen molar-refractivity contribution in [3.05, 3.63) is 106 Å². The van der Waals surface area contributed by atoms with Crippen LogP contribution in [0.1, 0.15) is 27.5 Å². The number of carbonyl (C=O) groups excluding carboxylic acids is 1. The maximum absolute atomic E-state index is 12.8. The Bertz CT molecular complexity index is 775. The molecule has 0 atom stereocenters. The van der Waals surface area contributed by atoms with E-state index in [-0.39, 0.29) is 17.5 Å². The Labute approximate surface area is 151 Å². The molecule has 3 aromatic rings. The second kappa shape index (κ2) is 7.52. The van der Waals surface area contributed by atoms with E-state index in [1.807, 2.05) is 60.7 Å². The molecule has 0 saturated heterocycles. The summed E-state index contributed by atoms with van der Waals surface area (Å²) in [6, 6.07) is 24.3. The third-order valence-electron chi connectivity index (χ3n) is 3.73. The van der Waals surface area contributed by atoms with Crippen molar-refractivity contribution in [2.45, 2.75) is 6.04 Å². The highest BCUT2D eigenvalue weighted by Gasteiger charge is 2.20. The lowest BCUT2D eigenvalue weighted by Gasteiger charge is -2.20. The Morgan fingerprint density at radius 1 is 0.708 bits per heavy atom. The molecule has 0 unspecified atom stereocenters. The van der Waals surface area contributed by atoms with Crippen LogP contribution in [0.15, 0.2) is 78.9 Å². The van der Waals surface area contributed by atoms with Crippen LogP contribution in [0.5, 0.6) is 0 Å². The average molecular weight is 356 g/mol. The highest BCUT2D eigenvalue weighted by atomic mass is 35.5. The maximum atomic E-state index is 12.8. The molecule has 3 rings (SSSR count). The normalized spacial score (nSPS) is 10.6. The van der Waals surface area contributed by atoms with E-state index in [4.69, 9.17) is 23.2 Å². The molecule has 0 aliphatic heterocycles. The van der Waals surface area contributed by atoms with Crippen molar-refractivity contribution < 1.29 is 4.79 Å². The number of amides is 1. The van der Waals surface area contributed by atoms with Crippen LogP contribution in [0.4, 0.5) is 0 Å². The van der Waals surface area contributed by atoms with Gasteiger partial charge in [-0.25, -0.2) is 0 Å². The fourth-order valence-electron chi connectivity index (χ4n) is 2.57. The van der Waals surface area contributed by atoms with Crippen molar-refractivity contribution >= 4 is 29.1 Å². The van der Waals surface area contributed by atoms with Gasteiger partial charge in [0, 0.05) is 0 Å². The molecule has 1 amide bonds. The van der Waals surface area contributed by atoms with Gasteiger partial charge in [-0.1, -0.05) is 89.9 Å². The summed E-state index contributed by atoms with van der Waals surface area (Å²) >= 11 is 12.3. The minimum absolute atomic E-state index is 0.285. The van der Waals surface area contributed by atoms with Crippen molar-refractivity contribution in [3.63, 3.8) is 0 Å². The van der Waals surface area contributed by atoms with Crippen LogP contribution in [0.3, 0.4) is 0 Å². The van der Waals surface area contributed by atoms with E-state index in [9.17, 15) is 4.79 Å². The van der Waals surface area contributed by atoms with Gasteiger partial charge in [0.1, 0.15) is 0 Å². The smallest absolute Gasteiger partial charge is 0.255 e. The summed E-state index contributed by atoms with van der Waals surface area (Å²) in [5, 5.41) is 3.71. The summed E-state index contributed by atoms with van der Waals surface area (Å²) < 4.78 is 0. The summed E-state index contributed by atoms with van der Waals surface area (Å²) in [6.45, 7) is 0. The number of halogens is 2. The number of carbonyl (C=O) groups is 1. The Kier molecular flexibility index (Phi) is 5.19. The average Bonchev–Trinajstić information content (AvgIpc) is 2.61. The lowest BCUT2D eigenvalue weighted by molar-refractivity contribution is 0.0943. The van der Waals surface area contributed by atoms with Gasteiger partial charge in [-0.2, -0.15) is 0 Å². The standard InChI is InChI=1S/C20H15Cl2NO/c21-16-12-7-13-17(22)18(16)20(24)23-19(14-8-3-1-4-9-14)15-10-5-2-6-11-15/h1-13,19H,(H,23,24). The van der Waals surface area contributed by atoms with Crippen molar-refractivity contribution in [1.29, 1.82) is 0 Å². The minimum Gasteiger partial charge on any atom is -0.341 e. The van der Waals surface area contributed by atoms with E-state index in [2.05, 4.69) is 5.32 Å². The van der Waals surface area contributed by atoms with E-state index < -0.39 is 0 Å². The molecule has 120 valence electrons. The molecule has 3 aromatic carbocycles. The molecular weight excluding hydrogens is 341 g/mol. The molecule has 0 saturated carbocycles. The number of nitrogens with one attached hydrogen (secondary N) is 1. The first-order valence-corrected chi connectivity index (χ1v) is 8.27. The summed E-state index contributed by atoms with van der Waals surface area (Å²) in [5.74, 6) is -0.302. The topological polar surface area (TPSA) is 29.1 Å². The lowest BCUT2D eigenvalue weighted by atomic mass is 9.98. The van der Waals surface area contributed by atoms with Gasteiger partial charge in [0.15, 0.2) is 0 Å². The molecule has 0 fully saturated rings. The van der Waals surface area contributed by atoms with Crippen molar-refractivity contribution in [2.24, 2.45) is 0 Å². The Morgan fingerprint density at radius 3 is 1.62 bits per heavy atom. The van der Waals surface area contributed by atoms with Gasteiger partial charge in [0.2, 0.25) is 0 Å². The second-order valence-electron chi connectivity index (χ2n) is 5.32. The van der Waals surface area contributed by atoms with Crippen LogP contribution in [0.2, 0.25) is 10.0 Å². The van der Waals surface area contributed by atoms with Crippen LogP contribution < -0.4 is 5.32 Å². The van der Waals surface area contributed by atoms with Crippen LogP contribution in [0, 0.1) is 0 Å². The zero-order chi connectivity index (χ0) is 16.9. The maximum Gasteiger partial charge on any atom is 0.255 e. The summed E-state index contributed by atoms with van der Waals surface area (Å²) in [7, 11) is 0. The predicted molar refractivity (Wildman–Crippen MR) is 98.7 cm³/mol. The first kappa shape index (κ1) is 16.6. The fourth-order valence-corrected chi connectivity index (χ4v) is 3.14. The van der Waals surface area contributed by atoms with E-state index in [0.717, 1.165) is 11.1 Å². The van der Waals surface area contributed by atoms with Crippen LogP contribution in [0.25, 0.3) is 0 Å². The molecule has 24 heavy (non-hydrogen) atoms. The third kappa shape index (κ3) is 3.61. The van der Waals surface area contributed by atoms with Gasteiger partial charge >= 0.3 is 0 Å². The molecule has 0 radical (unpaired) electrons. The molecule has 0 spiro atoms. The van der Waals surface area contributed by atoms with Crippen molar-refractivity contribution in [1.82, 2.24) is 5.32 Å². The quantitative estimate of drug-likeness (QED) is 0.656. The Hall–Kier alpha value is -2.29. The molecule has 0 aromatic heterocycles. The minimum atomic E-state index is -0.302. The van der Waals surface area contributed by atoms with Gasteiger partial charge < -0.3 is 5.32 Å². The SMILES string of the molecule is O=C(NC(c1ccccc1)c1ccccc1)c1c(Cl)cccc1Cl. The number of hydrogen-bond acceptors (Lipinski definition) is 1. The largest absolute Gasteiger partial charge is 0.341 e. The van der Waals surface area contributed by atoms with Gasteiger partial charge in [-0.3, -0.25) is 4.79 Å². The number of hydrogen-bond donors (Lipinski definition) is 1. The molecule has 0 aliphatic carbocycles. The molecule has 0 aliphatic rings. The van der Waals surface area contributed by atoms with E-state index in [1.54, 1.807) is 18.2 Å². The van der Waals surface area contributed by atoms with E-state index in [1.165, 1.54) is 0 Å². The predicted octanol–water partition coefficient (Wildman–Crippen LogP) is 5.51. The second-order valence-corrected chi connectivity index (χ2v) is 6.14. The summed E-state index contributed by atoms with van der Waals surface area (Å²) in [5.41, 5.74) is 2.26. The molecule has 0 bridgehead atoms. The first-order chi connectivity index (χ1) is 11.7. The first-order valence-electron chi connectivity index (χ1n) is 7.51. The molecule has 4 heteroatoms. The zero-order valence-corrected chi connectivity index (χ0v) is 14.3. The molecular formula is C20H15Cl2NO. The molecule has 0 heterocycles. The summed E-state index contributed by atoms with van der Waals surface area (Å²) in [6.07, 6.45) is 0. The van der Waals surface area contributed by atoms with Crippen LogP contribution >= 0.6 is 23.2 Å². The van der Waals surface area contributed by atoms with Gasteiger partial charge in [0.05, 0.1) is 21.7 Å². The van der Waals surface area contributed by atoms with Crippen molar-refractivity contribution in [2.75, 3.05) is 0 Å². The highest BCUT2D eigenvalue weighted by Crippen LogP contribution is 2.27. The van der Waals surface area contributed by atoms with E-state index in [0.29, 0.717) is 10.0 Å². The zero-order valence-electron chi connectivity index (χ0n) is 12.7. The highest BCUT2D eigenvalue weighted by molar-refractivity contribution is 6.39. The monoisotopic (exact) mass is 355 g/mol. The van der Waals surface area contributed by atoms with Crippen LogP contribution in [-0.4, -0.2) is 5.91 Å². The number of benzene rings is 3. The fraction of sp³-hybridized carbons (Fsp3) is 0.0500. The number of rotatable bonds is 4. The lowest BCUT2D eigenvalue weighted by Crippen LogP contribution is -2.29. The molecule has 1 N–H and O–H groups in total. The van der Waals surface area contributed by atoms with Gasteiger partial charge in [-0.05, 0) is 23.3 Å². The van der Waals surface area contributed by atoms with Crippen molar-refractivity contribution in [3.8, 4) is 0 Å². The Morgan fingerprint density at radius 2 is 1.17 bits per heavy atom. The summed E-state index contributed by atoms with van der Waals surface area (Å²) in [4.78, 5) is 12.8. The molecule has 2 nitrogen and oxygen atoms in total. The third-order valence-corrected chi connectivity index (χ3v) is 4.36. The van der Waals surface area contributed by atoms with Gasteiger partial charge in [0.25, 0.3) is 5.91 Å². The van der Waals surface area contributed by atoms with E-state index >= 15 is 0 Å². The van der Waals surface area contributed by atoms with Crippen LogP contribution in [-0.2, 0) is 0 Å².